The fourth-order valence-electron chi connectivity index (χ4n) is 1.15. The smallest absolute Gasteiger partial charge is 0.264 e. The minimum atomic E-state index is -3.46. The summed E-state index contributed by atoms with van der Waals surface area (Å²) in [7, 11) is -3.46. The number of nitrogens with one attached hydrogen (secondary N) is 1. The van der Waals surface area contributed by atoms with Gasteiger partial charge in [-0.05, 0) is 12.1 Å². The van der Waals surface area contributed by atoms with Gasteiger partial charge >= 0.3 is 0 Å². The topological polar surface area (TPSA) is 72.5 Å². The Morgan fingerprint density at radius 3 is 2.53 bits per heavy atom. The molecule has 0 saturated carbocycles. The molecule has 0 radical (unpaired) electrons. The highest BCUT2D eigenvalue weighted by molar-refractivity contribution is 7.85. The fourth-order valence-corrected chi connectivity index (χ4v) is 1.54. The fraction of sp³-hybridized carbons (Fsp3) is 0.364. The van der Waals surface area contributed by atoms with Crippen LogP contribution in [0.15, 0.2) is 30.3 Å². The highest BCUT2D eigenvalue weighted by atomic mass is 32.2. The van der Waals surface area contributed by atoms with Crippen molar-refractivity contribution < 1.29 is 17.4 Å². The summed E-state index contributed by atoms with van der Waals surface area (Å²) in [6.07, 6.45) is 1.03. The number of hydrogen-bond acceptors (Lipinski definition) is 5. The van der Waals surface area contributed by atoms with E-state index in [1.54, 1.807) is 0 Å². The number of Topliss-reactive ketones (excluding diaryl/α,β-unsaturated/α-hetero) is 1. The lowest BCUT2D eigenvalue weighted by Crippen LogP contribution is -2.16. The molecular weight excluding hydrogens is 242 g/mol. The predicted octanol–water partition coefficient (Wildman–Crippen LogP) is 1.03. The first-order valence-electron chi connectivity index (χ1n) is 5.12. The van der Waals surface area contributed by atoms with Crippen molar-refractivity contribution in [2.24, 2.45) is 0 Å². The van der Waals surface area contributed by atoms with E-state index in [0.717, 1.165) is 11.9 Å². The predicted molar refractivity (Wildman–Crippen MR) is 65.4 cm³/mol. The molecule has 0 aliphatic heterocycles. The molecular formula is C11H15NO4S. The molecule has 0 fully saturated rings. The van der Waals surface area contributed by atoms with Crippen molar-refractivity contribution in [1.29, 1.82) is 0 Å². The van der Waals surface area contributed by atoms with E-state index in [-0.39, 0.29) is 25.4 Å². The van der Waals surface area contributed by atoms with Crippen LogP contribution in [0.3, 0.4) is 0 Å². The van der Waals surface area contributed by atoms with Gasteiger partial charge in [0.25, 0.3) is 10.1 Å². The maximum atomic E-state index is 11.4. The average Bonchev–Trinajstić information content (AvgIpc) is 2.26. The molecule has 0 spiro atoms. The van der Waals surface area contributed by atoms with Gasteiger partial charge in [-0.1, -0.05) is 18.2 Å². The summed E-state index contributed by atoms with van der Waals surface area (Å²) >= 11 is 0. The Hall–Kier alpha value is -1.40. The van der Waals surface area contributed by atoms with Crippen LogP contribution in [0.1, 0.15) is 6.42 Å². The highest BCUT2D eigenvalue weighted by Crippen LogP contribution is 2.04. The van der Waals surface area contributed by atoms with Crippen molar-refractivity contribution in [2.45, 2.75) is 6.42 Å². The third kappa shape index (κ3) is 6.70. The van der Waals surface area contributed by atoms with E-state index in [4.69, 9.17) is 0 Å². The second kappa shape index (κ2) is 6.36. The summed E-state index contributed by atoms with van der Waals surface area (Å²) < 4.78 is 25.8. The molecule has 1 aromatic rings. The van der Waals surface area contributed by atoms with Crippen molar-refractivity contribution in [3.8, 4) is 0 Å². The third-order valence-corrected chi connectivity index (χ3v) is 2.54. The summed E-state index contributed by atoms with van der Waals surface area (Å²) in [6, 6.07) is 9.30. The van der Waals surface area contributed by atoms with Crippen LogP contribution in [0.4, 0.5) is 5.69 Å². The van der Waals surface area contributed by atoms with Gasteiger partial charge in [-0.2, -0.15) is 8.42 Å². The van der Waals surface area contributed by atoms with E-state index < -0.39 is 10.1 Å². The number of carbonyl (C=O) groups is 1. The molecule has 0 bridgehead atoms. The molecule has 0 aliphatic carbocycles. The molecule has 0 heterocycles. The number of para-hydroxylation sites is 1. The first-order chi connectivity index (χ1) is 7.97. The molecule has 0 saturated heterocycles. The Balaban J connectivity index is 2.22. The molecule has 17 heavy (non-hydrogen) atoms. The largest absolute Gasteiger partial charge is 0.378 e. The van der Waals surface area contributed by atoms with E-state index in [1.165, 1.54) is 0 Å². The molecule has 0 atom stereocenters. The molecule has 0 unspecified atom stereocenters. The summed E-state index contributed by atoms with van der Waals surface area (Å²) in [5, 5.41) is 2.94. The first kappa shape index (κ1) is 13.7. The lowest BCUT2D eigenvalue weighted by Gasteiger charge is -2.05. The van der Waals surface area contributed by atoms with Gasteiger partial charge in [-0.3, -0.25) is 8.98 Å². The van der Waals surface area contributed by atoms with Gasteiger partial charge in [0.15, 0.2) is 5.78 Å². The zero-order valence-electron chi connectivity index (χ0n) is 9.55. The third-order valence-electron chi connectivity index (χ3n) is 1.94. The average molecular weight is 257 g/mol. The number of rotatable bonds is 7. The zero-order valence-corrected chi connectivity index (χ0v) is 10.4. The molecule has 6 heteroatoms. The van der Waals surface area contributed by atoms with Gasteiger partial charge in [0.1, 0.15) is 0 Å². The molecule has 0 aliphatic rings. The maximum absolute atomic E-state index is 11.4. The molecule has 5 nitrogen and oxygen atoms in total. The van der Waals surface area contributed by atoms with Crippen LogP contribution in [0.5, 0.6) is 0 Å². The molecule has 0 amide bonds. The Kier molecular flexibility index (Phi) is 5.11. The quantitative estimate of drug-likeness (QED) is 0.739. The first-order valence-corrected chi connectivity index (χ1v) is 6.94. The van der Waals surface area contributed by atoms with E-state index in [2.05, 4.69) is 9.50 Å². The van der Waals surface area contributed by atoms with Gasteiger partial charge in [0, 0.05) is 12.1 Å². The highest BCUT2D eigenvalue weighted by Gasteiger charge is 2.05. The van der Waals surface area contributed by atoms with Crippen molar-refractivity contribution in [1.82, 2.24) is 0 Å². The summed E-state index contributed by atoms with van der Waals surface area (Å²) in [4.78, 5) is 11.4. The van der Waals surface area contributed by atoms with Crippen LogP contribution in [-0.4, -0.2) is 33.6 Å². The number of ketones is 1. The van der Waals surface area contributed by atoms with E-state index in [9.17, 15) is 13.2 Å². The second-order valence-corrected chi connectivity index (χ2v) is 5.18. The van der Waals surface area contributed by atoms with Gasteiger partial charge in [0.05, 0.1) is 19.4 Å². The molecule has 94 valence electrons. The van der Waals surface area contributed by atoms with Gasteiger partial charge < -0.3 is 5.32 Å². The van der Waals surface area contributed by atoms with E-state index in [1.807, 2.05) is 30.3 Å². The van der Waals surface area contributed by atoms with Crippen molar-refractivity contribution >= 4 is 21.6 Å². The number of benzene rings is 1. The van der Waals surface area contributed by atoms with Crippen LogP contribution in [0.2, 0.25) is 0 Å². The minimum absolute atomic E-state index is 0.0763. The Bertz CT molecular complexity index is 456. The SMILES string of the molecule is CS(=O)(=O)OCCC(=O)CNc1ccccc1. The van der Waals surface area contributed by atoms with Crippen LogP contribution in [0.25, 0.3) is 0 Å². The van der Waals surface area contributed by atoms with Crippen molar-refractivity contribution in [3.63, 3.8) is 0 Å². The van der Waals surface area contributed by atoms with Crippen LogP contribution < -0.4 is 5.32 Å². The van der Waals surface area contributed by atoms with Crippen LogP contribution in [0, 0.1) is 0 Å². The van der Waals surface area contributed by atoms with E-state index >= 15 is 0 Å². The minimum Gasteiger partial charge on any atom is -0.378 e. The monoisotopic (exact) mass is 257 g/mol. The Morgan fingerprint density at radius 1 is 1.29 bits per heavy atom. The number of hydrogen-bond donors (Lipinski definition) is 1. The Morgan fingerprint density at radius 2 is 1.94 bits per heavy atom. The molecule has 1 aromatic carbocycles. The number of carbonyl (C=O) groups excluding carboxylic acids is 1. The Labute approximate surface area is 101 Å². The lowest BCUT2D eigenvalue weighted by atomic mass is 10.2. The summed E-state index contributed by atoms with van der Waals surface area (Å²) in [6.45, 7) is 0.0608. The summed E-state index contributed by atoms with van der Waals surface area (Å²) in [5.41, 5.74) is 0.852. The molecule has 0 aromatic heterocycles. The van der Waals surface area contributed by atoms with Crippen LogP contribution >= 0.6 is 0 Å². The van der Waals surface area contributed by atoms with E-state index in [0.29, 0.717) is 0 Å². The van der Waals surface area contributed by atoms with Crippen molar-refractivity contribution in [2.75, 3.05) is 24.7 Å². The zero-order chi connectivity index (χ0) is 12.7. The molecule has 1 N–H and O–H groups in total. The standard InChI is InChI=1S/C11H15NO4S/c1-17(14,15)16-8-7-11(13)9-12-10-5-3-2-4-6-10/h2-6,12H,7-9H2,1H3. The number of anilines is 1. The van der Waals surface area contributed by atoms with Crippen LogP contribution in [-0.2, 0) is 19.1 Å². The molecule has 1 rings (SSSR count). The van der Waals surface area contributed by atoms with Gasteiger partial charge in [-0.25, -0.2) is 0 Å². The van der Waals surface area contributed by atoms with Crippen molar-refractivity contribution in [3.05, 3.63) is 30.3 Å². The maximum Gasteiger partial charge on any atom is 0.264 e. The van der Waals surface area contributed by atoms with Gasteiger partial charge in [-0.15, -0.1) is 0 Å². The van der Waals surface area contributed by atoms with Gasteiger partial charge in [0.2, 0.25) is 0 Å². The summed E-state index contributed by atoms with van der Waals surface area (Å²) in [5.74, 6) is -0.0995. The normalized spacial score (nSPS) is 11.1. The second-order valence-electron chi connectivity index (χ2n) is 3.53. The lowest BCUT2D eigenvalue weighted by molar-refractivity contribution is -0.117.